The van der Waals surface area contributed by atoms with Gasteiger partial charge in [-0.25, -0.2) is 9.36 Å². The molecule has 62 valence electrons. The standard InChI is InChI=1S/C6H7O4P.Li.H/c1-3-5(4-2)9-6(7)10-11-8;;/h1,5H,4H2,2H3;;. The molecule has 1 atom stereocenters. The van der Waals surface area contributed by atoms with Crippen LogP contribution in [-0.4, -0.2) is 31.1 Å². The molecular formula is C6H8LiO4P. The molecule has 0 radical (unpaired) electrons. The third-order valence-corrected chi connectivity index (χ3v) is 1.13. The molecule has 0 heterocycles. The van der Waals surface area contributed by atoms with Gasteiger partial charge in [-0.3, -0.25) is 0 Å². The van der Waals surface area contributed by atoms with Crippen LogP contribution in [0, 0.1) is 12.3 Å². The predicted octanol–water partition coefficient (Wildman–Crippen LogP) is 1.11. The molecule has 0 aliphatic heterocycles. The number of ether oxygens (including phenoxy) is 1. The van der Waals surface area contributed by atoms with E-state index in [1.807, 2.05) is 0 Å². The molecule has 6 heteroatoms. The van der Waals surface area contributed by atoms with E-state index in [2.05, 4.69) is 15.2 Å². The summed E-state index contributed by atoms with van der Waals surface area (Å²) in [5.41, 5.74) is 0. The third-order valence-electron chi connectivity index (χ3n) is 0.907. The number of hydrogen-bond acceptors (Lipinski definition) is 4. The van der Waals surface area contributed by atoms with Crippen molar-refractivity contribution in [3.63, 3.8) is 0 Å². The Morgan fingerprint density at radius 3 is 2.67 bits per heavy atom. The van der Waals surface area contributed by atoms with Gasteiger partial charge in [0.15, 0.2) is 6.10 Å². The topological polar surface area (TPSA) is 52.6 Å². The second kappa shape index (κ2) is 8.62. The van der Waals surface area contributed by atoms with Crippen LogP contribution < -0.4 is 0 Å². The Morgan fingerprint density at radius 2 is 2.33 bits per heavy atom. The quantitative estimate of drug-likeness (QED) is 0.284. The van der Waals surface area contributed by atoms with Gasteiger partial charge in [0.25, 0.3) is 0 Å². The SMILES string of the molecule is C#CC(CC)OC(=O)OP=O.[LiH]. The van der Waals surface area contributed by atoms with Crippen LogP contribution in [-0.2, 0) is 13.8 Å². The van der Waals surface area contributed by atoms with E-state index < -0.39 is 20.9 Å². The second-order valence-electron chi connectivity index (χ2n) is 1.60. The van der Waals surface area contributed by atoms with Crippen molar-refractivity contribution < 1.29 is 18.6 Å². The molecule has 0 saturated carbocycles. The molecule has 0 aromatic heterocycles. The molecule has 0 bridgehead atoms. The Morgan fingerprint density at radius 1 is 1.75 bits per heavy atom. The van der Waals surface area contributed by atoms with Gasteiger partial charge in [-0.05, 0) is 6.42 Å². The molecule has 0 aromatic carbocycles. The average molecular weight is 182 g/mol. The summed E-state index contributed by atoms with van der Waals surface area (Å²) in [6, 6.07) is 0. The van der Waals surface area contributed by atoms with Crippen LogP contribution in [0.4, 0.5) is 4.79 Å². The van der Waals surface area contributed by atoms with Gasteiger partial charge in [-0.2, -0.15) is 0 Å². The summed E-state index contributed by atoms with van der Waals surface area (Å²) >= 11 is 0. The molecule has 0 saturated heterocycles. The molecular weight excluding hydrogens is 174 g/mol. The first-order valence-corrected chi connectivity index (χ1v) is 3.64. The minimum atomic E-state index is -1.02. The average Bonchev–Trinajstić information content (AvgIpc) is 2.01. The summed E-state index contributed by atoms with van der Waals surface area (Å²) in [7, 11) is -0.737. The van der Waals surface area contributed by atoms with Gasteiger partial charge in [0, 0.05) is 0 Å². The summed E-state index contributed by atoms with van der Waals surface area (Å²) in [5, 5.41) is 0. The van der Waals surface area contributed by atoms with Crippen molar-refractivity contribution >= 4 is 33.7 Å². The summed E-state index contributed by atoms with van der Waals surface area (Å²) < 4.78 is 18.1. The molecule has 0 aliphatic rings. The van der Waals surface area contributed by atoms with E-state index in [-0.39, 0.29) is 18.9 Å². The summed E-state index contributed by atoms with van der Waals surface area (Å²) in [4.78, 5) is 10.4. The van der Waals surface area contributed by atoms with Crippen LogP contribution >= 0.6 is 8.69 Å². The number of carbonyl (C=O) groups excluding carboxylic acids is 1. The maximum atomic E-state index is 10.4. The van der Waals surface area contributed by atoms with Crippen LogP contribution in [0.2, 0.25) is 0 Å². The molecule has 4 nitrogen and oxygen atoms in total. The van der Waals surface area contributed by atoms with Gasteiger partial charge in [-0.1, -0.05) is 12.8 Å². The van der Waals surface area contributed by atoms with Crippen molar-refractivity contribution in [2.75, 3.05) is 0 Å². The number of rotatable bonds is 3. The van der Waals surface area contributed by atoms with Crippen LogP contribution in [0.5, 0.6) is 0 Å². The Bertz CT molecular complexity index is 188. The molecule has 12 heavy (non-hydrogen) atoms. The van der Waals surface area contributed by atoms with Crippen molar-refractivity contribution in [3.8, 4) is 12.3 Å². The van der Waals surface area contributed by atoms with E-state index in [0.29, 0.717) is 6.42 Å². The fourth-order valence-corrected chi connectivity index (χ4v) is 0.507. The first kappa shape index (κ1) is 14.1. The summed E-state index contributed by atoms with van der Waals surface area (Å²) in [6.07, 6.45) is 3.84. The Kier molecular flexibility index (Phi) is 10.1. The number of terminal acetylenes is 1. The second-order valence-corrected chi connectivity index (χ2v) is 1.93. The van der Waals surface area contributed by atoms with Crippen LogP contribution in [0.15, 0.2) is 0 Å². The predicted molar refractivity (Wildman–Crippen MR) is 45.2 cm³/mol. The molecule has 0 N–H and O–H groups in total. The van der Waals surface area contributed by atoms with Crippen molar-refractivity contribution in [2.45, 2.75) is 19.4 Å². The summed E-state index contributed by atoms with van der Waals surface area (Å²) in [6.45, 7) is 1.76. The number of hydrogen-bond donors (Lipinski definition) is 0. The first-order valence-electron chi connectivity index (χ1n) is 2.91. The van der Waals surface area contributed by atoms with E-state index in [4.69, 9.17) is 6.42 Å². The van der Waals surface area contributed by atoms with E-state index in [1.54, 1.807) is 6.92 Å². The Hall–Kier alpha value is -0.473. The van der Waals surface area contributed by atoms with E-state index >= 15 is 0 Å². The first-order chi connectivity index (χ1) is 5.24. The fourth-order valence-electron chi connectivity index (χ4n) is 0.403. The fraction of sp³-hybridized carbons (Fsp3) is 0.500. The van der Waals surface area contributed by atoms with Gasteiger partial charge in [0.05, 0.1) is 0 Å². The Labute approximate surface area is 84.5 Å². The van der Waals surface area contributed by atoms with Gasteiger partial charge in [0.2, 0.25) is 0 Å². The molecule has 0 amide bonds. The van der Waals surface area contributed by atoms with Crippen LogP contribution in [0.1, 0.15) is 13.3 Å². The van der Waals surface area contributed by atoms with Gasteiger partial charge in [0.1, 0.15) is 0 Å². The molecule has 0 aliphatic carbocycles. The van der Waals surface area contributed by atoms with Crippen molar-refractivity contribution in [3.05, 3.63) is 0 Å². The van der Waals surface area contributed by atoms with Crippen LogP contribution in [0.3, 0.4) is 0 Å². The van der Waals surface area contributed by atoms with Crippen molar-refractivity contribution in [1.82, 2.24) is 0 Å². The number of carbonyl (C=O) groups is 1. The van der Waals surface area contributed by atoms with E-state index in [0.717, 1.165) is 0 Å². The van der Waals surface area contributed by atoms with Gasteiger partial charge < -0.3 is 9.26 Å². The minimum absolute atomic E-state index is 0. The van der Waals surface area contributed by atoms with Crippen LogP contribution in [0.25, 0.3) is 0 Å². The Balaban J connectivity index is 0. The van der Waals surface area contributed by atoms with Gasteiger partial charge in [-0.15, -0.1) is 6.42 Å². The van der Waals surface area contributed by atoms with Crippen molar-refractivity contribution in [2.24, 2.45) is 0 Å². The zero-order chi connectivity index (χ0) is 8.69. The van der Waals surface area contributed by atoms with Gasteiger partial charge >= 0.3 is 33.7 Å². The zero-order valence-corrected chi connectivity index (χ0v) is 6.84. The normalized spacial score (nSPS) is 10.7. The third kappa shape index (κ3) is 6.25. The molecule has 0 rings (SSSR count). The maximum absolute atomic E-state index is 10.4. The molecule has 0 aromatic rings. The monoisotopic (exact) mass is 182 g/mol. The van der Waals surface area contributed by atoms with Crippen molar-refractivity contribution in [1.29, 1.82) is 0 Å². The molecule has 0 fully saturated rings. The zero-order valence-electron chi connectivity index (χ0n) is 5.94. The molecule has 1 unspecified atom stereocenters. The van der Waals surface area contributed by atoms with E-state index in [1.165, 1.54) is 0 Å². The molecule has 0 spiro atoms. The summed E-state index contributed by atoms with van der Waals surface area (Å²) in [5.74, 6) is 2.21. The van der Waals surface area contributed by atoms with E-state index in [9.17, 15) is 9.36 Å².